The Labute approximate surface area is 159 Å². The van der Waals surface area contributed by atoms with E-state index in [0.717, 1.165) is 11.1 Å². The van der Waals surface area contributed by atoms with Crippen molar-refractivity contribution in [3.8, 4) is 0 Å². The van der Waals surface area contributed by atoms with E-state index in [1.807, 2.05) is 0 Å². The summed E-state index contributed by atoms with van der Waals surface area (Å²) in [4.78, 5) is 19.0. The van der Waals surface area contributed by atoms with Crippen LogP contribution in [-0.4, -0.2) is 14.9 Å². The minimum Gasteiger partial charge on any atom is -0.360 e. The van der Waals surface area contributed by atoms with Crippen molar-refractivity contribution in [2.24, 2.45) is 0 Å². The third-order valence-electron chi connectivity index (χ3n) is 3.90. The topological polar surface area (TPSA) is 93.0 Å². The lowest BCUT2D eigenvalue weighted by atomic mass is 10.2. The van der Waals surface area contributed by atoms with Crippen molar-refractivity contribution in [1.29, 1.82) is 0 Å². The van der Waals surface area contributed by atoms with Gasteiger partial charge < -0.3 is 10.6 Å². The molecule has 0 aliphatic carbocycles. The molecule has 1 aromatic heterocycles. The molecule has 0 aliphatic rings. The van der Waals surface area contributed by atoms with Crippen LogP contribution in [0.2, 0.25) is 5.02 Å². The van der Waals surface area contributed by atoms with Crippen LogP contribution < -0.4 is 10.6 Å². The van der Waals surface area contributed by atoms with Crippen LogP contribution in [-0.2, 0) is 6.54 Å². The van der Waals surface area contributed by atoms with Crippen LogP contribution in [0, 0.1) is 22.9 Å². The standard InChI is InChI=1S/C18H15ClFN5O2/c1-11-14(19)3-2-4-15(11)24-18-16(25(26)27)17(22-10-23-18)21-9-12-5-7-13(20)8-6-12/h2-8,10H,9H2,1H3,(H2,21,22,23,24). The highest BCUT2D eigenvalue weighted by Crippen LogP contribution is 2.33. The van der Waals surface area contributed by atoms with Crippen LogP contribution in [0.4, 0.5) is 27.4 Å². The molecule has 0 atom stereocenters. The summed E-state index contributed by atoms with van der Waals surface area (Å²) in [6.45, 7) is 2.04. The molecule has 1 heterocycles. The first-order valence-corrected chi connectivity index (χ1v) is 8.33. The van der Waals surface area contributed by atoms with E-state index in [1.54, 1.807) is 37.3 Å². The number of rotatable bonds is 6. The molecule has 2 aromatic carbocycles. The maximum atomic E-state index is 13.0. The highest BCUT2D eigenvalue weighted by atomic mass is 35.5. The Balaban J connectivity index is 1.89. The summed E-state index contributed by atoms with van der Waals surface area (Å²) < 4.78 is 13.0. The van der Waals surface area contributed by atoms with E-state index in [2.05, 4.69) is 20.6 Å². The van der Waals surface area contributed by atoms with E-state index in [1.165, 1.54) is 18.5 Å². The van der Waals surface area contributed by atoms with Gasteiger partial charge in [-0.1, -0.05) is 29.8 Å². The average molecular weight is 388 g/mol. The lowest BCUT2D eigenvalue weighted by Gasteiger charge is -2.12. The van der Waals surface area contributed by atoms with E-state index in [-0.39, 0.29) is 29.7 Å². The summed E-state index contributed by atoms with van der Waals surface area (Å²) in [7, 11) is 0. The van der Waals surface area contributed by atoms with E-state index in [9.17, 15) is 14.5 Å². The minimum atomic E-state index is -0.560. The van der Waals surface area contributed by atoms with E-state index in [4.69, 9.17) is 11.6 Å². The Bertz CT molecular complexity index is 982. The molecular formula is C18H15ClFN5O2. The fraction of sp³-hybridized carbons (Fsp3) is 0.111. The van der Waals surface area contributed by atoms with E-state index < -0.39 is 4.92 Å². The molecule has 0 spiro atoms. The van der Waals surface area contributed by atoms with E-state index >= 15 is 0 Å². The average Bonchev–Trinajstić information content (AvgIpc) is 2.65. The van der Waals surface area contributed by atoms with Gasteiger partial charge >= 0.3 is 5.69 Å². The van der Waals surface area contributed by atoms with Gasteiger partial charge in [0, 0.05) is 17.3 Å². The molecule has 0 unspecified atom stereocenters. The first-order valence-electron chi connectivity index (χ1n) is 7.95. The highest BCUT2D eigenvalue weighted by molar-refractivity contribution is 6.31. The summed E-state index contributed by atoms with van der Waals surface area (Å²) in [5.41, 5.74) is 1.81. The zero-order chi connectivity index (χ0) is 19.4. The van der Waals surface area contributed by atoms with Gasteiger partial charge in [-0.2, -0.15) is 0 Å². The largest absolute Gasteiger partial charge is 0.360 e. The lowest BCUT2D eigenvalue weighted by Crippen LogP contribution is -2.08. The predicted octanol–water partition coefficient (Wildman–Crippen LogP) is 4.84. The second-order valence-electron chi connectivity index (χ2n) is 5.69. The van der Waals surface area contributed by atoms with Crippen molar-refractivity contribution in [1.82, 2.24) is 9.97 Å². The first kappa shape index (κ1) is 18.5. The van der Waals surface area contributed by atoms with Crippen LogP contribution in [0.15, 0.2) is 48.8 Å². The fourth-order valence-corrected chi connectivity index (χ4v) is 2.61. The van der Waals surface area contributed by atoms with Gasteiger partial charge in [-0.05, 0) is 42.3 Å². The van der Waals surface area contributed by atoms with Crippen LogP contribution in [0.1, 0.15) is 11.1 Å². The van der Waals surface area contributed by atoms with Crippen molar-refractivity contribution >= 4 is 34.6 Å². The van der Waals surface area contributed by atoms with Crippen molar-refractivity contribution in [3.05, 3.63) is 80.9 Å². The van der Waals surface area contributed by atoms with Crippen LogP contribution in [0.3, 0.4) is 0 Å². The molecule has 2 N–H and O–H groups in total. The smallest absolute Gasteiger partial charge is 0.353 e. The number of aromatic nitrogens is 2. The number of nitrogens with zero attached hydrogens (tertiary/aromatic N) is 3. The summed E-state index contributed by atoms with van der Waals surface area (Å²) in [6, 6.07) is 11.0. The number of benzene rings is 2. The number of nitro groups is 1. The second-order valence-corrected chi connectivity index (χ2v) is 6.10. The molecular weight excluding hydrogens is 373 g/mol. The number of anilines is 3. The van der Waals surface area contributed by atoms with Crippen LogP contribution in [0.25, 0.3) is 0 Å². The highest BCUT2D eigenvalue weighted by Gasteiger charge is 2.23. The molecule has 0 amide bonds. The third kappa shape index (κ3) is 4.29. The molecule has 0 saturated heterocycles. The van der Waals surface area contributed by atoms with Gasteiger partial charge in [-0.3, -0.25) is 10.1 Å². The molecule has 0 aliphatic heterocycles. The van der Waals surface area contributed by atoms with Gasteiger partial charge in [0.25, 0.3) is 0 Å². The van der Waals surface area contributed by atoms with Crippen molar-refractivity contribution < 1.29 is 9.31 Å². The fourth-order valence-electron chi connectivity index (χ4n) is 2.43. The molecule has 7 nitrogen and oxygen atoms in total. The summed E-state index contributed by atoms with van der Waals surface area (Å²) in [5, 5.41) is 18.0. The lowest BCUT2D eigenvalue weighted by molar-refractivity contribution is -0.383. The maximum Gasteiger partial charge on any atom is 0.353 e. The van der Waals surface area contributed by atoms with Gasteiger partial charge in [0.2, 0.25) is 11.6 Å². The summed E-state index contributed by atoms with van der Waals surface area (Å²) in [6.07, 6.45) is 1.22. The molecule has 0 radical (unpaired) electrons. The minimum absolute atomic E-state index is 0.0435. The SMILES string of the molecule is Cc1c(Cl)cccc1Nc1ncnc(NCc2ccc(F)cc2)c1[N+](=O)[O-]. The maximum absolute atomic E-state index is 13.0. The van der Waals surface area contributed by atoms with Crippen molar-refractivity contribution in [2.75, 3.05) is 10.6 Å². The van der Waals surface area contributed by atoms with Gasteiger partial charge in [0.15, 0.2) is 0 Å². The molecule has 3 aromatic rings. The summed E-state index contributed by atoms with van der Waals surface area (Å²) in [5.74, 6) is -0.251. The second kappa shape index (κ2) is 7.96. The molecule has 3 rings (SSSR count). The van der Waals surface area contributed by atoms with E-state index in [0.29, 0.717) is 10.7 Å². The van der Waals surface area contributed by atoms with Gasteiger partial charge in [-0.25, -0.2) is 14.4 Å². The van der Waals surface area contributed by atoms with Gasteiger partial charge in [-0.15, -0.1) is 0 Å². The number of hydrogen-bond acceptors (Lipinski definition) is 6. The summed E-state index contributed by atoms with van der Waals surface area (Å²) >= 11 is 6.10. The zero-order valence-electron chi connectivity index (χ0n) is 14.2. The normalized spacial score (nSPS) is 10.5. The Kier molecular flexibility index (Phi) is 5.46. The predicted molar refractivity (Wildman–Crippen MR) is 102 cm³/mol. The monoisotopic (exact) mass is 387 g/mol. The van der Waals surface area contributed by atoms with Gasteiger partial charge in [0.1, 0.15) is 12.1 Å². The Morgan fingerprint density at radius 3 is 2.56 bits per heavy atom. The van der Waals surface area contributed by atoms with Crippen molar-refractivity contribution in [2.45, 2.75) is 13.5 Å². The molecule has 0 bridgehead atoms. The third-order valence-corrected chi connectivity index (χ3v) is 4.31. The quantitative estimate of drug-likeness (QED) is 0.464. The number of hydrogen-bond donors (Lipinski definition) is 2. The Hall–Kier alpha value is -3.26. The molecule has 27 heavy (non-hydrogen) atoms. The first-order chi connectivity index (χ1) is 13.0. The van der Waals surface area contributed by atoms with Crippen LogP contribution >= 0.6 is 11.6 Å². The number of nitrogens with one attached hydrogen (secondary N) is 2. The zero-order valence-corrected chi connectivity index (χ0v) is 15.0. The Morgan fingerprint density at radius 2 is 1.85 bits per heavy atom. The number of halogens is 2. The molecule has 0 fully saturated rings. The molecule has 9 heteroatoms. The van der Waals surface area contributed by atoms with Crippen molar-refractivity contribution in [3.63, 3.8) is 0 Å². The van der Waals surface area contributed by atoms with Gasteiger partial charge in [0.05, 0.1) is 4.92 Å². The molecule has 138 valence electrons. The van der Waals surface area contributed by atoms with Crippen LogP contribution in [0.5, 0.6) is 0 Å². The molecule has 0 saturated carbocycles. The Morgan fingerprint density at radius 1 is 1.15 bits per heavy atom.